The van der Waals surface area contributed by atoms with Gasteiger partial charge < -0.3 is 4.48 Å². The lowest BCUT2D eigenvalue weighted by Crippen LogP contribution is -2.44. The van der Waals surface area contributed by atoms with E-state index >= 15 is 0 Å². The van der Waals surface area contributed by atoms with Crippen LogP contribution in [0.3, 0.4) is 0 Å². The Morgan fingerprint density at radius 3 is 1.81 bits per heavy atom. The summed E-state index contributed by atoms with van der Waals surface area (Å²) in [6.07, 6.45) is 9.80. The molecule has 0 amide bonds. The van der Waals surface area contributed by atoms with Gasteiger partial charge in [-0.05, 0) is 25.2 Å². The first-order chi connectivity index (χ1) is 7.38. The summed E-state index contributed by atoms with van der Waals surface area (Å²) in [5.74, 6) is 0.879. The molecule has 0 saturated heterocycles. The molecule has 0 spiro atoms. The molecule has 0 aliphatic rings. The standard InChI is InChI=1S/C15H34N/c1-7-11-15(16(4,5)6)13-10-8-9-12-14(2)3/h14-15H,7-13H2,1-6H3/q+1. The molecule has 0 heterocycles. The lowest BCUT2D eigenvalue weighted by Gasteiger charge is -2.34. The molecule has 0 aromatic rings. The molecule has 0 radical (unpaired) electrons. The van der Waals surface area contributed by atoms with Crippen molar-refractivity contribution in [3.8, 4) is 0 Å². The summed E-state index contributed by atoms with van der Waals surface area (Å²) < 4.78 is 1.14. The Labute approximate surface area is 104 Å². The molecule has 0 aromatic heterocycles. The van der Waals surface area contributed by atoms with Crippen LogP contribution < -0.4 is 0 Å². The van der Waals surface area contributed by atoms with Crippen molar-refractivity contribution in [1.82, 2.24) is 0 Å². The number of quaternary nitrogens is 1. The molecule has 0 aromatic carbocycles. The first-order valence-corrected chi connectivity index (χ1v) is 7.19. The third kappa shape index (κ3) is 8.15. The maximum atomic E-state index is 2.34. The molecule has 0 N–H and O–H groups in total. The Hall–Kier alpha value is -0.0400. The highest BCUT2D eigenvalue weighted by Gasteiger charge is 2.21. The number of hydrogen-bond acceptors (Lipinski definition) is 0. The topological polar surface area (TPSA) is 0 Å². The van der Waals surface area contributed by atoms with E-state index in [1.807, 2.05) is 0 Å². The van der Waals surface area contributed by atoms with Gasteiger partial charge in [-0.15, -0.1) is 0 Å². The Bertz CT molecular complexity index is 155. The quantitative estimate of drug-likeness (QED) is 0.403. The average molecular weight is 228 g/mol. The summed E-state index contributed by atoms with van der Waals surface area (Å²) in [5.41, 5.74) is 0. The van der Waals surface area contributed by atoms with E-state index in [4.69, 9.17) is 0 Å². The molecule has 0 fully saturated rings. The first-order valence-electron chi connectivity index (χ1n) is 7.19. The van der Waals surface area contributed by atoms with Crippen LogP contribution in [-0.2, 0) is 0 Å². The Morgan fingerprint density at radius 2 is 1.38 bits per heavy atom. The second-order valence-corrected chi connectivity index (χ2v) is 6.59. The Balaban J connectivity index is 3.69. The molecule has 1 nitrogen and oxygen atoms in total. The van der Waals surface area contributed by atoms with Gasteiger partial charge in [0.15, 0.2) is 0 Å². The number of unbranched alkanes of at least 4 members (excludes halogenated alkanes) is 2. The van der Waals surface area contributed by atoms with Crippen LogP contribution >= 0.6 is 0 Å². The molecule has 0 aliphatic heterocycles. The highest BCUT2D eigenvalue weighted by Crippen LogP contribution is 2.18. The van der Waals surface area contributed by atoms with Gasteiger partial charge in [0.05, 0.1) is 27.2 Å². The van der Waals surface area contributed by atoms with Crippen LogP contribution in [0.1, 0.15) is 65.7 Å². The molecule has 1 heteroatoms. The summed E-state index contributed by atoms with van der Waals surface area (Å²) >= 11 is 0. The predicted molar refractivity (Wildman–Crippen MR) is 74.7 cm³/mol. The van der Waals surface area contributed by atoms with Crippen molar-refractivity contribution >= 4 is 0 Å². The number of hydrogen-bond donors (Lipinski definition) is 0. The largest absolute Gasteiger partial charge is 0.328 e. The van der Waals surface area contributed by atoms with Gasteiger partial charge in [0, 0.05) is 0 Å². The monoisotopic (exact) mass is 228 g/mol. The van der Waals surface area contributed by atoms with E-state index in [0.717, 1.165) is 16.4 Å². The van der Waals surface area contributed by atoms with E-state index in [9.17, 15) is 0 Å². The molecule has 0 bridgehead atoms. The maximum absolute atomic E-state index is 2.34. The van der Waals surface area contributed by atoms with Gasteiger partial charge in [0.2, 0.25) is 0 Å². The molecule has 0 saturated carbocycles. The normalized spacial score (nSPS) is 14.4. The van der Waals surface area contributed by atoms with Gasteiger partial charge in [-0.1, -0.05) is 46.5 Å². The van der Waals surface area contributed by atoms with Crippen molar-refractivity contribution in [2.45, 2.75) is 71.8 Å². The lowest BCUT2D eigenvalue weighted by molar-refractivity contribution is -0.896. The van der Waals surface area contributed by atoms with E-state index in [1.165, 1.54) is 44.9 Å². The smallest absolute Gasteiger partial charge is 0.0884 e. The van der Waals surface area contributed by atoms with Crippen LogP contribution in [0.4, 0.5) is 0 Å². The van der Waals surface area contributed by atoms with E-state index in [0.29, 0.717) is 0 Å². The van der Waals surface area contributed by atoms with Gasteiger partial charge >= 0.3 is 0 Å². The third-order valence-electron chi connectivity index (χ3n) is 3.54. The van der Waals surface area contributed by atoms with Crippen LogP contribution in [0.25, 0.3) is 0 Å². The first kappa shape index (κ1) is 16.0. The molecule has 98 valence electrons. The second kappa shape index (κ2) is 8.11. The zero-order chi connectivity index (χ0) is 12.6. The Morgan fingerprint density at radius 1 is 0.812 bits per heavy atom. The minimum Gasteiger partial charge on any atom is -0.328 e. The van der Waals surface area contributed by atoms with E-state index < -0.39 is 0 Å². The molecular weight excluding hydrogens is 194 g/mol. The lowest BCUT2D eigenvalue weighted by atomic mass is 9.99. The van der Waals surface area contributed by atoms with Gasteiger partial charge in [0.25, 0.3) is 0 Å². The van der Waals surface area contributed by atoms with E-state index in [1.54, 1.807) is 0 Å². The summed E-state index contributed by atoms with van der Waals surface area (Å²) in [6.45, 7) is 6.96. The van der Waals surface area contributed by atoms with Gasteiger partial charge in [-0.3, -0.25) is 0 Å². The maximum Gasteiger partial charge on any atom is 0.0884 e. The van der Waals surface area contributed by atoms with E-state index in [-0.39, 0.29) is 0 Å². The van der Waals surface area contributed by atoms with Crippen LogP contribution in [0, 0.1) is 5.92 Å². The van der Waals surface area contributed by atoms with Gasteiger partial charge in [0.1, 0.15) is 0 Å². The molecule has 1 atom stereocenters. The van der Waals surface area contributed by atoms with Crippen LogP contribution in [0.5, 0.6) is 0 Å². The molecule has 16 heavy (non-hydrogen) atoms. The Kier molecular flexibility index (Phi) is 8.09. The fraction of sp³-hybridized carbons (Fsp3) is 1.00. The van der Waals surface area contributed by atoms with Crippen LogP contribution in [-0.4, -0.2) is 31.7 Å². The summed E-state index contributed by atoms with van der Waals surface area (Å²) in [7, 11) is 7.03. The molecule has 0 aliphatic carbocycles. The van der Waals surface area contributed by atoms with Crippen molar-refractivity contribution < 1.29 is 4.48 Å². The zero-order valence-electron chi connectivity index (χ0n) is 12.6. The van der Waals surface area contributed by atoms with Crippen LogP contribution in [0.15, 0.2) is 0 Å². The SMILES string of the molecule is CCCC(CCCCCC(C)C)[N+](C)(C)C. The minimum atomic E-state index is 0.865. The van der Waals surface area contributed by atoms with Crippen molar-refractivity contribution in [3.05, 3.63) is 0 Å². The number of nitrogens with zero attached hydrogens (tertiary/aromatic N) is 1. The second-order valence-electron chi connectivity index (χ2n) is 6.59. The molecule has 1 unspecified atom stereocenters. The highest BCUT2D eigenvalue weighted by molar-refractivity contribution is 4.58. The summed E-state index contributed by atoms with van der Waals surface area (Å²) in [5, 5.41) is 0. The summed E-state index contributed by atoms with van der Waals surface area (Å²) in [4.78, 5) is 0. The highest BCUT2D eigenvalue weighted by atomic mass is 15.3. The molecule has 0 rings (SSSR count). The van der Waals surface area contributed by atoms with Crippen molar-refractivity contribution in [3.63, 3.8) is 0 Å². The fourth-order valence-corrected chi connectivity index (χ4v) is 2.36. The van der Waals surface area contributed by atoms with Crippen molar-refractivity contribution in [1.29, 1.82) is 0 Å². The van der Waals surface area contributed by atoms with Crippen LogP contribution in [0.2, 0.25) is 0 Å². The average Bonchev–Trinajstić information content (AvgIpc) is 2.13. The third-order valence-corrected chi connectivity index (χ3v) is 3.54. The summed E-state index contributed by atoms with van der Waals surface area (Å²) in [6, 6.07) is 0.865. The number of rotatable bonds is 9. The molecular formula is C15H34N+. The zero-order valence-corrected chi connectivity index (χ0v) is 12.6. The van der Waals surface area contributed by atoms with Gasteiger partial charge in [-0.2, -0.15) is 0 Å². The van der Waals surface area contributed by atoms with Crippen molar-refractivity contribution in [2.75, 3.05) is 21.1 Å². The predicted octanol–water partition coefficient (Wildman–Crippen LogP) is 4.47. The van der Waals surface area contributed by atoms with Gasteiger partial charge in [-0.25, -0.2) is 0 Å². The van der Waals surface area contributed by atoms with E-state index in [2.05, 4.69) is 41.9 Å². The fourth-order valence-electron chi connectivity index (χ4n) is 2.36. The minimum absolute atomic E-state index is 0.865. The van der Waals surface area contributed by atoms with Crippen molar-refractivity contribution in [2.24, 2.45) is 5.92 Å².